The van der Waals surface area contributed by atoms with Crippen LogP contribution in [0.4, 0.5) is 5.69 Å². The normalized spacial score (nSPS) is 10.7. The summed E-state index contributed by atoms with van der Waals surface area (Å²) in [6, 6.07) is 7.80. The van der Waals surface area contributed by atoms with Crippen molar-refractivity contribution in [2.75, 3.05) is 5.32 Å². The number of carbonyl (C=O) groups excluding carboxylic acids is 2. The lowest BCUT2D eigenvalue weighted by Gasteiger charge is -2.07. The Morgan fingerprint density at radius 1 is 1.17 bits per heavy atom. The highest BCUT2D eigenvalue weighted by Crippen LogP contribution is 2.18. The van der Waals surface area contributed by atoms with Crippen LogP contribution >= 0.6 is 0 Å². The number of aromatic nitrogens is 4. The van der Waals surface area contributed by atoms with E-state index in [0.29, 0.717) is 29.3 Å². The summed E-state index contributed by atoms with van der Waals surface area (Å²) >= 11 is 0. The maximum absolute atomic E-state index is 12.3. The van der Waals surface area contributed by atoms with Crippen LogP contribution in [-0.2, 0) is 11.2 Å². The molecule has 0 unspecified atom stereocenters. The predicted molar refractivity (Wildman–Crippen MR) is 108 cm³/mol. The first-order chi connectivity index (χ1) is 13.7. The van der Waals surface area contributed by atoms with Gasteiger partial charge in [-0.3, -0.25) is 19.4 Å². The number of rotatable bonds is 6. The number of primary amides is 1. The fourth-order valence-corrected chi connectivity index (χ4v) is 3.09. The Kier molecular flexibility index (Phi) is 5.58. The van der Waals surface area contributed by atoms with Crippen molar-refractivity contribution in [1.29, 1.82) is 0 Å². The van der Waals surface area contributed by atoms with Crippen LogP contribution < -0.4 is 16.6 Å². The predicted octanol–water partition coefficient (Wildman–Crippen LogP) is 1.55. The molecule has 0 bridgehead atoms. The zero-order valence-electron chi connectivity index (χ0n) is 16.4. The minimum absolute atomic E-state index is 0.162. The summed E-state index contributed by atoms with van der Waals surface area (Å²) in [6.07, 6.45) is 0.738. The second kappa shape index (κ2) is 8.09. The van der Waals surface area contributed by atoms with Crippen LogP contribution in [-0.4, -0.2) is 31.6 Å². The molecule has 150 valence electrons. The molecular weight excluding hydrogens is 372 g/mol. The zero-order chi connectivity index (χ0) is 21.1. The Labute approximate surface area is 167 Å². The number of hydrogen-bond donors (Lipinski definition) is 3. The van der Waals surface area contributed by atoms with Gasteiger partial charge in [-0.25, -0.2) is 9.67 Å². The van der Waals surface area contributed by atoms with E-state index in [9.17, 15) is 14.4 Å². The molecule has 3 rings (SSSR count). The maximum Gasteiger partial charge on any atom is 0.252 e. The van der Waals surface area contributed by atoms with E-state index in [-0.39, 0.29) is 17.9 Å². The molecule has 0 atom stereocenters. The fraction of sp³-hybridized carbons (Fsp3) is 0.250. The lowest BCUT2D eigenvalue weighted by molar-refractivity contribution is -0.116. The van der Waals surface area contributed by atoms with E-state index in [0.717, 1.165) is 17.0 Å². The van der Waals surface area contributed by atoms with Gasteiger partial charge in [-0.15, -0.1) is 0 Å². The average molecular weight is 394 g/mol. The Morgan fingerprint density at radius 3 is 2.48 bits per heavy atom. The lowest BCUT2D eigenvalue weighted by Crippen LogP contribution is -2.15. The number of H-pyrrole nitrogens is 1. The van der Waals surface area contributed by atoms with Gasteiger partial charge in [0.05, 0.1) is 5.69 Å². The molecule has 3 aromatic rings. The van der Waals surface area contributed by atoms with Gasteiger partial charge in [0.1, 0.15) is 0 Å². The van der Waals surface area contributed by atoms with E-state index >= 15 is 0 Å². The fourth-order valence-electron chi connectivity index (χ4n) is 3.09. The minimum atomic E-state index is -0.518. The van der Waals surface area contributed by atoms with E-state index in [1.54, 1.807) is 35.9 Å². The second-order valence-corrected chi connectivity index (χ2v) is 6.76. The van der Waals surface area contributed by atoms with Gasteiger partial charge in [-0.1, -0.05) is 0 Å². The van der Waals surface area contributed by atoms with Crippen molar-refractivity contribution in [3.63, 3.8) is 0 Å². The zero-order valence-corrected chi connectivity index (χ0v) is 16.4. The number of hydrogen-bond acceptors (Lipinski definition) is 5. The highest BCUT2D eigenvalue weighted by atomic mass is 16.2. The van der Waals surface area contributed by atoms with Crippen molar-refractivity contribution in [3.05, 3.63) is 68.9 Å². The first kappa shape index (κ1) is 20.0. The molecule has 0 aliphatic carbocycles. The number of nitrogens with zero attached hydrogens (tertiary/aromatic N) is 3. The van der Waals surface area contributed by atoms with Gasteiger partial charge in [0.2, 0.25) is 17.8 Å². The summed E-state index contributed by atoms with van der Waals surface area (Å²) in [4.78, 5) is 42.1. The van der Waals surface area contributed by atoms with Crippen molar-refractivity contribution < 1.29 is 9.59 Å². The standard InChI is InChI=1S/C20H22N6O3/c1-11-10-18(28)24-20(22-11)26-13(3)16(12(2)25-26)8-9-17(27)23-15-6-4-14(5-7-15)19(21)29/h4-7,10H,8-9H2,1-3H3,(H2,21,29)(H,23,27)(H,22,24,28). The minimum Gasteiger partial charge on any atom is -0.366 e. The Morgan fingerprint density at radius 2 is 1.86 bits per heavy atom. The van der Waals surface area contributed by atoms with Crippen LogP contribution in [0.3, 0.4) is 0 Å². The molecule has 0 radical (unpaired) electrons. The number of nitrogens with two attached hydrogens (primary N) is 1. The van der Waals surface area contributed by atoms with Gasteiger partial charge in [0.25, 0.3) is 5.56 Å². The molecule has 29 heavy (non-hydrogen) atoms. The summed E-state index contributed by atoms with van der Waals surface area (Å²) in [7, 11) is 0. The van der Waals surface area contributed by atoms with Crippen molar-refractivity contribution >= 4 is 17.5 Å². The number of amides is 2. The molecular formula is C20H22N6O3. The van der Waals surface area contributed by atoms with Gasteiger partial charge in [-0.2, -0.15) is 5.10 Å². The van der Waals surface area contributed by atoms with Crippen LogP contribution in [0.5, 0.6) is 0 Å². The summed E-state index contributed by atoms with van der Waals surface area (Å²) in [5.74, 6) is -0.332. The first-order valence-electron chi connectivity index (χ1n) is 9.07. The van der Waals surface area contributed by atoms with Crippen LogP contribution in [0.2, 0.25) is 0 Å². The number of aromatic amines is 1. The Hall–Kier alpha value is -3.75. The third-order valence-electron chi connectivity index (χ3n) is 4.55. The van der Waals surface area contributed by atoms with Gasteiger partial charge < -0.3 is 11.1 Å². The topological polar surface area (TPSA) is 136 Å². The Balaban J connectivity index is 1.70. The first-order valence-corrected chi connectivity index (χ1v) is 9.07. The van der Waals surface area contributed by atoms with Crippen LogP contribution in [0, 0.1) is 20.8 Å². The second-order valence-electron chi connectivity index (χ2n) is 6.76. The molecule has 0 saturated carbocycles. The van der Waals surface area contributed by atoms with Crippen LogP contribution in [0.25, 0.3) is 5.95 Å². The molecule has 2 aromatic heterocycles. The summed E-state index contributed by atoms with van der Waals surface area (Å²) in [5, 5.41) is 7.25. The average Bonchev–Trinajstić information content (AvgIpc) is 2.93. The molecule has 0 fully saturated rings. The SMILES string of the molecule is Cc1cc(=O)[nH]c(-n2nc(C)c(CCC(=O)Nc3ccc(C(N)=O)cc3)c2C)n1. The smallest absolute Gasteiger partial charge is 0.252 e. The molecule has 0 aliphatic rings. The summed E-state index contributed by atoms with van der Waals surface area (Å²) < 4.78 is 1.58. The summed E-state index contributed by atoms with van der Waals surface area (Å²) in [6.45, 7) is 5.47. The molecule has 1 aromatic carbocycles. The Bertz CT molecular complexity index is 1130. The quantitative estimate of drug-likeness (QED) is 0.583. The number of benzene rings is 1. The van der Waals surface area contributed by atoms with Crippen LogP contribution in [0.1, 0.15) is 39.4 Å². The van der Waals surface area contributed by atoms with Gasteiger partial charge in [-0.05, 0) is 57.0 Å². The highest BCUT2D eigenvalue weighted by Gasteiger charge is 2.16. The van der Waals surface area contributed by atoms with E-state index < -0.39 is 5.91 Å². The summed E-state index contributed by atoms with van der Waals surface area (Å²) in [5.41, 5.74) is 9.03. The highest BCUT2D eigenvalue weighted by molar-refractivity contribution is 5.94. The van der Waals surface area contributed by atoms with E-state index in [1.165, 1.54) is 6.07 Å². The van der Waals surface area contributed by atoms with Crippen molar-refractivity contribution in [2.24, 2.45) is 5.73 Å². The molecule has 2 heterocycles. The monoisotopic (exact) mass is 394 g/mol. The largest absolute Gasteiger partial charge is 0.366 e. The molecule has 2 amide bonds. The third-order valence-corrected chi connectivity index (χ3v) is 4.55. The number of anilines is 1. The third kappa shape index (κ3) is 4.57. The van der Waals surface area contributed by atoms with Gasteiger partial charge in [0.15, 0.2) is 0 Å². The molecule has 9 nitrogen and oxygen atoms in total. The van der Waals surface area contributed by atoms with Crippen molar-refractivity contribution in [3.8, 4) is 5.95 Å². The van der Waals surface area contributed by atoms with E-state index in [2.05, 4.69) is 20.4 Å². The maximum atomic E-state index is 12.3. The molecule has 4 N–H and O–H groups in total. The van der Waals surface area contributed by atoms with E-state index in [4.69, 9.17) is 5.73 Å². The number of aryl methyl sites for hydroxylation is 2. The molecule has 0 aliphatic heterocycles. The molecule has 9 heteroatoms. The number of nitrogens with one attached hydrogen (secondary N) is 2. The van der Waals surface area contributed by atoms with Gasteiger partial charge >= 0.3 is 0 Å². The van der Waals surface area contributed by atoms with Crippen LogP contribution in [0.15, 0.2) is 35.1 Å². The van der Waals surface area contributed by atoms with E-state index in [1.807, 2.05) is 13.8 Å². The van der Waals surface area contributed by atoms with Gasteiger partial charge in [0, 0.05) is 35.1 Å². The molecule has 0 saturated heterocycles. The lowest BCUT2D eigenvalue weighted by atomic mass is 10.1. The van der Waals surface area contributed by atoms with Crippen molar-refractivity contribution in [1.82, 2.24) is 19.7 Å². The molecule has 0 spiro atoms. The van der Waals surface area contributed by atoms with Crippen molar-refractivity contribution in [2.45, 2.75) is 33.6 Å². The number of carbonyl (C=O) groups is 2.